The highest BCUT2D eigenvalue weighted by Crippen LogP contribution is 2.34. The topological polar surface area (TPSA) is 68.7 Å². The highest BCUT2D eigenvalue weighted by Gasteiger charge is 2.32. The van der Waals surface area contributed by atoms with Gasteiger partial charge in [-0.15, -0.1) is 0 Å². The lowest BCUT2D eigenvalue weighted by atomic mass is 9.87. The average Bonchev–Trinajstić information content (AvgIpc) is 2.70. The van der Waals surface area contributed by atoms with Crippen molar-refractivity contribution in [2.24, 2.45) is 4.99 Å². The smallest absolute Gasteiger partial charge is 0.151 e. The molecule has 0 fully saturated rings. The van der Waals surface area contributed by atoms with Crippen LogP contribution in [0.25, 0.3) is 5.57 Å². The lowest BCUT2D eigenvalue weighted by molar-refractivity contribution is 0.202. The molecule has 7 heteroatoms. The first-order valence-electron chi connectivity index (χ1n) is 9.43. The van der Waals surface area contributed by atoms with Gasteiger partial charge in [0.1, 0.15) is 11.4 Å². The van der Waals surface area contributed by atoms with Crippen LogP contribution in [0.2, 0.25) is 5.02 Å². The first-order chi connectivity index (χ1) is 13.9. The Morgan fingerprint density at radius 2 is 2.21 bits per heavy atom. The van der Waals surface area contributed by atoms with Gasteiger partial charge in [0, 0.05) is 45.5 Å². The predicted molar refractivity (Wildman–Crippen MR) is 114 cm³/mol. The molecule has 0 radical (unpaired) electrons. The second kappa shape index (κ2) is 7.54. The monoisotopic (exact) mass is 412 g/mol. The lowest BCUT2D eigenvalue weighted by Gasteiger charge is -2.34. The van der Waals surface area contributed by atoms with E-state index in [0.717, 1.165) is 22.7 Å². The van der Waals surface area contributed by atoms with Crippen LogP contribution in [0.5, 0.6) is 0 Å². The molecule has 0 spiro atoms. The Balaban J connectivity index is 1.73. The molecule has 29 heavy (non-hydrogen) atoms. The largest absolute Gasteiger partial charge is 0.369 e. The Morgan fingerprint density at radius 3 is 3.00 bits per heavy atom. The Bertz CT molecular complexity index is 1040. The van der Waals surface area contributed by atoms with Crippen molar-refractivity contribution < 1.29 is 9.50 Å². The van der Waals surface area contributed by atoms with Gasteiger partial charge in [0.25, 0.3) is 0 Å². The van der Waals surface area contributed by atoms with Crippen molar-refractivity contribution in [1.29, 1.82) is 0 Å². The number of nitrogens with zero attached hydrogens (tertiary/aromatic N) is 1. The molecule has 0 saturated heterocycles. The number of aliphatic hydroxyl groups is 1. The normalized spacial score (nSPS) is 25.4. The zero-order chi connectivity index (χ0) is 20.6. The van der Waals surface area contributed by atoms with E-state index in [2.05, 4.69) is 20.9 Å². The van der Waals surface area contributed by atoms with Crippen LogP contribution in [0.15, 0.2) is 76.5 Å². The molecule has 3 heterocycles. The van der Waals surface area contributed by atoms with Gasteiger partial charge in [-0.3, -0.25) is 4.99 Å². The third kappa shape index (κ3) is 3.61. The molecule has 4 rings (SSSR count). The van der Waals surface area contributed by atoms with Crippen molar-refractivity contribution in [2.45, 2.75) is 32.0 Å². The van der Waals surface area contributed by atoms with Gasteiger partial charge in [0.05, 0.1) is 5.70 Å². The zero-order valence-electron chi connectivity index (χ0n) is 16.1. The van der Waals surface area contributed by atoms with Gasteiger partial charge in [0.15, 0.2) is 6.23 Å². The number of nitrogens with one attached hydrogen (secondary N) is 3. The minimum atomic E-state index is -1.03. The van der Waals surface area contributed by atoms with Crippen molar-refractivity contribution in [1.82, 2.24) is 16.0 Å². The van der Waals surface area contributed by atoms with Gasteiger partial charge in [-0.25, -0.2) is 4.39 Å². The van der Waals surface area contributed by atoms with Gasteiger partial charge in [0.2, 0.25) is 0 Å². The van der Waals surface area contributed by atoms with Crippen LogP contribution in [-0.4, -0.2) is 23.1 Å². The third-order valence-electron chi connectivity index (χ3n) is 5.24. The number of hydrogen-bond donors (Lipinski definition) is 4. The molecule has 0 amide bonds. The fraction of sp³-hybridized carbons (Fsp3) is 0.227. The molecule has 5 nitrogen and oxygen atoms in total. The number of aliphatic imine (C=N–C) groups is 1. The van der Waals surface area contributed by atoms with E-state index in [0.29, 0.717) is 17.0 Å². The minimum absolute atomic E-state index is 0.262. The number of hydrogen-bond acceptors (Lipinski definition) is 5. The van der Waals surface area contributed by atoms with Crippen LogP contribution < -0.4 is 16.0 Å². The van der Waals surface area contributed by atoms with Crippen LogP contribution in [0.1, 0.15) is 25.8 Å². The summed E-state index contributed by atoms with van der Waals surface area (Å²) in [5.74, 6) is -0.443. The number of rotatable bonds is 4. The molecule has 3 aliphatic rings. The van der Waals surface area contributed by atoms with Gasteiger partial charge >= 0.3 is 0 Å². The molecule has 0 bridgehead atoms. The van der Waals surface area contributed by atoms with Crippen LogP contribution in [0.3, 0.4) is 0 Å². The van der Waals surface area contributed by atoms with Crippen LogP contribution >= 0.6 is 11.6 Å². The molecule has 3 aliphatic heterocycles. The van der Waals surface area contributed by atoms with Gasteiger partial charge in [-0.2, -0.15) is 0 Å². The molecular formula is C22H22ClFN4O. The molecule has 0 aromatic heterocycles. The van der Waals surface area contributed by atoms with E-state index < -0.39 is 17.6 Å². The number of dihydropyridines is 3. The summed E-state index contributed by atoms with van der Waals surface area (Å²) in [6.45, 7) is 4.02. The molecule has 1 aromatic carbocycles. The molecule has 150 valence electrons. The van der Waals surface area contributed by atoms with E-state index >= 15 is 0 Å². The summed E-state index contributed by atoms with van der Waals surface area (Å²) in [6.07, 6.45) is 10.8. The van der Waals surface area contributed by atoms with Crippen molar-refractivity contribution in [3.63, 3.8) is 0 Å². The highest BCUT2D eigenvalue weighted by molar-refractivity contribution is 6.30. The van der Waals surface area contributed by atoms with Gasteiger partial charge in [-0.1, -0.05) is 18.5 Å². The number of benzene rings is 1. The van der Waals surface area contributed by atoms with Crippen molar-refractivity contribution in [3.8, 4) is 0 Å². The van der Waals surface area contributed by atoms with Crippen LogP contribution in [0.4, 0.5) is 4.39 Å². The highest BCUT2D eigenvalue weighted by atomic mass is 35.5. The molecule has 2 atom stereocenters. The molecule has 2 unspecified atom stereocenters. The summed E-state index contributed by atoms with van der Waals surface area (Å²) in [5.41, 5.74) is 3.66. The van der Waals surface area contributed by atoms with E-state index in [-0.39, 0.29) is 5.56 Å². The molecule has 0 saturated carbocycles. The van der Waals surface area contributed by atoms with Crippen molar-refractivity contribution in [3.05, 3.63) is 87.9 Å². The Labute approximate surface area is 174 Å². The van der Waals surface area contributed by atoms with Gasteiger partial charge in [-0.05, 0) is 56.0 Å². The Hall–Kier alpha value is -2.83. The number of halogens is 2. The van der Waals surface area contributed by atoms with E-state index in [9.17, 15) is 9.50 Å². The van der Waals surface area contributed by atoms with Gasteiger partial charge < -0.3 is 21.1 Å². The maximum Gasteiger partial charge on any atom is 0.151 e. The molecular weight excluding hydrogens is 391 g/mol. The summed E-state index contributed by atoms with van der Waals surface area (Å²) in [4.78, 5) is 4.57. The predicted octanol–water partition coefficient (Wildman–Crippen LogP) is 3.72. The van der Waals surface area contributed by atoms with Crippen LogP contribution in [0, 0.1) is 5.82 Å². The number of allylic oxidation sites excluding steroid dienone is 3. The molecule has 1 aromatic rings. The number of fused-ring (bicyclic) bond motifs is 1. The van der Waals surface area contributed by atoms with Crippen molar-refractivity contribution >= 4 is 23.4 Å². The minimum Gasteiger partial charge on any atom is -0.369 e. The summed E-state index contributed by atoms with van der Waals surface area (Å²) in [6, 6.07) is 4.30. The fourth-order valence-electron chi connectivity index (χ4n) is 3.64. The summed E-state index contributed by atoms with van der Waals surface area (Å²) < 4.78 is 14.4. The summed E-state index contributed by atoms with van der Waals surface area (Å²) in [7, 11) is 0. The second-order valence-corrected chi connectivity index (χ2v) is 7.64. The van der Waals surface area contributed by atoms with E-state index in [1.165, 1.54) is 18.2 Å². The maximum atomic E-state index is 14.4. The lowest BCUT2D eigenvalue weighted by Crippen LogP contribution is -2.38. The first kappa shape index (κ1) is 19.5. The second-order valence-electron chi connectivity index (χ2n) is 7.21. The third-order valence-corrected chi connectivity index (χ3v) is 5.48. The summed E-state index contributed by atoms with van der Waals surface area (Å²) in [5, 5.41) is 20.6. The Kier molecular flexibility index (Phi) is 5.06. The average molecular weight is 413 g/mol. The quantitative estimate of drug-likeness (QED) is 0.608. The zero-order valence-corrected chi connectivity index (χ0v) is 16.9. The van der Waals surface area contributed by atoms with Crippen LogP contribution in [-0.2, 0) is 0 Å². The molecule has 4 N–H and O–H groups in total. The standard InChI is InChI=1S/C22H22ClFN4O/c1-3-18-20(27-19-6-8-26-22(2)7-9-25-12-16(19)22)11-15(21(29)28-18)14-10-13(23)4-5-17(14)24/h4-12,21,25,27-29H,3H2,1-2H3. The van der Waals surface area contributed by atoms with E-state index in [1.807, 2.05) is 38.4 Å². The fourth-order valence-corrected chi connectivity index (χ4v) is 3.81. The SMILES string of the molecule is CCC1=C(NC2=CC=NC3(C)C=CNC=C23)C=C(c2cc(Cl)ccc2F)C(O)N1. The first-order valence-corrected chi connectivity index (χ1v) is 9.81. The van der Waals surface area contributed by atoms with E-state index in [4.69, 9.17) is 11.6 Å². The molecule has 0 aliphatic carbocycles. The Morgan fingerprint density at radius 1 is 1.38 bits per heavy atom. The maximum absolute atomic E-state index is 14.4. The van der Waals surface area contributed by atoms with E-state index in [1.54, 1.807) is 12.3 Å². The summed E-state index contributed by atoms with van der Waals surface area (Å²) >= 11 is 6.06. The van der Waals surface area contributed by atoms with Crippen molar-refractivity contribution in [2.75, 3.05) is 0 Å². The number of aliphatic hydroxyl groups excluding tert-OH is 1.